The Hall–Kier alpha value is -2.60. The van der Waals surface area contributed by atoms with Gasteiger partial charge < -0.3 is 20.8 Å². The summed E-state index contributed by atoms with van der Waals surface area (Å²) in [6, 6.07) is 11.0. The number of carboxylic acids is 1. The molecule has 0 saturated heterocycles. The number of aliphatic hydroxyl groups is 1. The molecular formula is C15H17N3O3. The van der Waals surface area contributed by atoms with Gasteiger partial charge in [-0.2, -0.15) is 0 Å². The number of aromatic carboxylic acids is 1. The molecule has 0 fully saturated rings. The van der Waals surface area contributed by atoms with E-state index in [2.05, 4.69) is 4.98 Å². The summed E-state index contributed by atoms with van der Waals surface area (Å²) in [5.74, 6) is -0.729. The summed E-state index contributed by atoms with van der Waals surface area (Å²) in [5, 5.41) is 18.3. The van der Waals surface area contributed by atoms with Gasteiger partial charge in [0.05, 0.1) is 17.9 Å². The Labute approximate surface area is 122 Å². The predicted octanol–water partition coefficient (Wildman–Crippen LogP) is 1.36. The summed E-state index contributed by atoms with van der Waals surface area (Å²) < 4.78 is 0. The first-order valence-corrected chi connectivity index (χ1v) is 6.51. The van der Waals surface area contributed by atoms with E-state index in [0.717, 1.165) is 5.56 Å². The first-order valence-electron chi connectivity index (χ1n) is 6.51. The van der Waals surface area contributed by atoms with Crippen LogP contribution in [0.4, 0.5) is 11.5 Å². The number of aromatic nitrogens is 1. The molecule has 0 aliphatic rings. The van der Waals surface area contributed by atoms with Crippen LogP contribution in [0.1, 0.15) is 15.9 Å². The molecule has 0 bridgehead atoms. The summed E-state index contributed by atoms with van der Waals surface area (Å²) in [7, 11) is 0. The Morgan fingerprint density at radius 2 is 1.95 bits per heavy atom. The zero-order valence-corrected chi connectivity index (χ0v) is 11.4. The van der Waals surface area contributed by atoms with Crippen LogP contribution in [-0.2, 0) is 6.54 Å². The Morgan fingerprint density at radius 3 is 2.57 bits per heavy atom. The van der Waals surface area contributed by atoms with E-state index in [1.807, 2.05) is 30.3 Å². The second-order valence-electron chi connectivity index (χ2n) is 4.53. The molecule has 21 heavy (non-hydrogen) atoms. The fourth-order valence-electron chi connectivity index (χ4n) is 2.09. The summed E-state index contributed by atoms with van der Waals surface area (Å²) >= 11 is 0. The van der Waals surface area contributed by atoms with Gasteiger partial charge in [0.1, 0.15) is 0 Å². The molecule has 0 radical (unpaired) electrons. The molecule has 1 aromatic carbocycles. The van der Waals surface area contributed by atoms with Crippen LogP contribution in [0, 0.1) is 0 Å². The van der Waals surface area contributed by atoms with Crippen molar-refractivity contribution >= 4 is 17.5 Å². The molecule has 0 atom stereocenters. The molecular weight excluding hydrogens is 270 g/mol. The van der Waals surface area contributed by atoms with Crippen LogP contribution in [0.5, 0.6) is 0 Å². The van der Waals surface area contributed by atoms with Gasteiger partial charge >= 0.3 is 5.97 Å². The lowest BCUT2D eigenvalue weighted by molar-refractivity contribution is 0.0698. The standard InChI is InChI=1S/C15H17N3O3/c16-13-12(15(20)21)6-7-17-14(13)18(8-9-19)10-11-4-2-1-3-5-11/h1-7,19H,8-10,16H2,(H,20,21). The van der Waals surface area contributed by atoms with Gasteiger partial charge in [0, 0.05) is 19.3 Å². The maximum atomic E-state index is 11.1. The van der Waals surface area contributed by atoms with Crippen LogP contribution in [-0.4, -0.2) is 34.3 Å². The summed E-state index contributed by atoms with van der Waals surface area (Å²) in [6.07, 6.45) is 1.41. The second kappa shape index (κ2) is 6.71. The van der Waals surface area contributed by atoms with Gasteiger partial charge in [0.25, 0.3) is 0 Å². The minimum absolute atomic E-state index is 0.0102. The van der Waals surface area contributed by atoms with Gasteiger partial charge in [0.2, 0.25) is 0 Å². The van der Waals surface area contributed by atoms with Gasteiger partial charge in [-0.15, -0.1) is 0 Å². The number of hydrogen-bond donors (Lipinski definition) is 3. The smallest absolute Gasteiger partial charge is 0.337 e. The molecule has 0 aliphatic carbocycles. The van der Waals surface area contributed by atoms with Gasteiger partial charge in [0.15, 0.2) is 5.82 Å². The van der Waals surface area contributed by atoms with Crippen molar-refractivity contribution in [3.05, 3.63) is 53.7 Å². The van der Waals surface area contributed by atoms with Crippen molar-refractivity contribution in [3.8, 4) is 0 Å². The molecule has 6 heteroatoms. The van der Waals surface area contributed by atoms with Gasteiger partial charge in [-0.25, -0.2) is 9.78 Å². The number of carbonyl (C=O) groups is 1. The topological polar surface area (TPSA) is 99.7 Å². The van der Waals surface area contributed by atoms with E-state index < -0.39 is 5.97 Å². The Morgan fingerprint density at radius 1 is 1.24 bits per heavy atom. The van der Waals surface area contributed by atoms with Crippen LogP contribution >= 0.6 is 0 Å². The minimum Gasteiger partial charge on any atom is -0.478 e. The highest BCUT2D eigenvalue weighted by molar-refractivity contribution is 5.96. The van der Waals surface area contributed by atoms with Crippen molar-refractivity contribution in [2.45, 2.75) is 6.54 Å². The first kappa shape index (κ1) is 14.8. The first-order chi connectivity index (χ1) is 10.1. The van der Waals surface area contributed by atoms with Crippen LogP contribution in [0.15, 0.2) is 42.6 Å². The lowest BCUT2D eigenvalue weighted by Gasteiger charge is -2.24. The van der Waals surface area contributed by atoms with E-state index >= 15 is 0 Å². The molecule has 0 amide bonds. The zero-order chi connectivity index (χ0) is 15.2. The normalized spacial score (nSPS) is 10.3. The van der Waals surface area contributed by atoms with E-state index in [0.29, 0.717) is 18.9 Å². The second-order valence-corrected chi connectivity index (χ2v) is 4.53. The summed E-state index contributed by atoms with van der Waals surface area (Å²) in [4.78, 5) is 17.1. The number of nitrogen functional groups attached to an aromatic ring is 1. The Kier molecular flexibility index (Phi) is 4.73. The SMILES string of the molecule is Nc1c(C(=O)O)ccnc1N(CCO)Cc1ccccc1. The lowest BCUT2D eigenvalue weighted by Crippen LogP contribution is -2.28. The van der Waals surface area contributed by atoms with Crippen molar-refractivity contribution in [2.75, 3.05) is 23.8 Å². The highest BCUT2D eigenvalue weighted by Crippen LogP contribution is 2.25. The van der Waals surface area contributed by atoms with Crippen molar-refractivity contribution in [2.24, 2.45) is 0 Å². The van der Waals surface area contributed by atoms with E-state index in [1.165, 1.54) is 12.3 Å². The number of nitrogens with zero attached hydrogens (tertiary/aromatic N) is 2. The third-order valence-corrected chi connectivity index (χ3v) is 3.09. The van der Waals surface area contributed by atoms with Crippen LogP contribution in [0.25, 0.3) is 0 Å². The number of nitrogens with two attached hydrogens (primary N) is 1. The fourth-order valence-corrected chi connectivity index (χ4v) is 2.09. The van der Waals surface area contributed by atoms with Crippen LogP contribution in [0.2, 0.25) is 0 Å². The van der Waals surface area contributed by atoms with Crippen molar-refractivity contribution < 1.29 is 15.0 Å². The molecule has 4 N–H and O–H groups in total. The summed E-state index contributed by atoms with van der Waals surface area (Å²) in [6.45, 7) is 0.724. The van der Waals surface area contributed by atoms with Crippen molar-refractivity contribution in [1.82, 2.24) is 4.98 Å². The average molecular weight is 287 g/mol. The van der Waals surface area contributed by atoms with Gasteiger partial charge in [-0.05, 0) is 11.6 Å². The quantitative estimate of drug-likeness (QED) is 0.742. The largest absolute Gasteiger partial charge is 0.478 e. The maximum Gasteiger partial charge on any atom is 0.337 e. The van der Waals surface area contributed by atoms with Crippen LogP contribution < -0.4 is 10.6 Å². The van der Waals surface area contributed by atoms with Crippen molar-refractivity contribution in [3.63, 3.8) is 0 Å². The number of aliphatic hydroxyl groups excluding tert-OH is 1. The van der Waals surface area contributed by atoms with E-state index in [1.54, 1.807) is 4.90 Å². The average Bonchev–Trinajstić information content (AvgIpc) is 2.48. The fraction of sp³-hybridized carbons (Fsp3) is 0.200. The number of anilines is 2. The molecule has 0 spiro atoms. The monoisotopic (exact) mass is 287 g/mol. The van der Waals surface area contributed by atoms with Crippen molar-refractivity contribution in [1.29, 1.82) is 0 Å². The maximum absolute atomic E-state index is 11.1. The lowest BCUT2D eigenvalue weighted by atomic mass is 10.2. The zero-order valence-electron chi connectivity index (χ0n) is 11.4. The summed E-state index contributed by atoms with van der Waals surface area (Å²) in [5.41, 5.74) is 7.04. The highest BCUT2D eigenvalue weighted by Gasteiger charge is 2.17. The molecule has 1 heterocycles. The van der Waals surface area contributed by atoms with Gasteiger partial charge in [-0.1, -0.05) is 30.3 Å². The third-order valence-electron chi connectivity index (χ3n) is 3.09. The predicted molar refractivity (Wildman–Crippen MR) is 80.2 cm³/mol. The molecule has 2 rings (SSSR count). The molecule has 0 unspecified atom stereocenters. The molecule has 110 valence electrons. The Balaban J connectivity index is 2.34. The molecule has 0 aliphatic heterocycles. The van der Waals surface area contributed by atoms with Gasteiger partial charge in [-0.3, -0.25) is 0 Å². The van der Waals surface area contributed by atoms with Crippen LogP contribution in [0.3, 0.4) is 0 Å². The Bertz CT molecular complexity index is 617. The number of carboxylic acid groups (broad SMARTS) is 1. The van der Waals surface area contributed by atoms with E-state index in [-0.39, 0.29) is 17.9 Å². The number of benzene rings is 1. The molecule has 0 saturated carbocycles. The number of hydrogen-bond acceptors (Lipinski definition) is 5. The molecule has 1 aromatic heterocycles. The van der Waals surface area contributed by atoms with E-state index in [9.17, 15) is 9.90 Å². The minimum atomic E-state index is -1.10. The van der Waals surface area contributed by atoms with E-state index in [4.69, 9.17) is 10.8 Å². The number of pyridine rings is 1. The third kappa shape index (κ3) is 3.49. The molecule has 6 nitrogen and oxygen atoms in total. The molecule has 2 aromatic rings. The number of rotatable bonds is 6. The highest BCUT2D eigenvalue weighted by atomic mass is 16.4.